The minimum absolute atomic E-state index is 0.0544. The van der Waals surface area contributed by atoms with Crippen molar-refractivity contribution in [2.75, 3.05) is 24.3 Å². The van der Waals surface area contributed by atoms with Crippen LogP contribution in [0.1, 0.15) is 19.8 Å². The molecule has 0 radical (unpaired) electrons. The fourth-order valence-corrected chi connectivity index (χ4v) is 1.70. The second-order valence-corrected chi connectivity index (χ2v) is 4.19. The minimum Gasteiger partial charge on any atom is -0.396 e. The number of aliphatic hydroxyl groups is 1. The average Bonchev–Trinajstić information content (AvgIpc) is 2.35. The summed E-state index contributed by atoms with van der Waals surface area (Å²) in [6.07, 6.45) is 1.52. The van der Waals surface area contributed by atoms with Gasteiger partial charge in [-0.05, 0) is 25.8 Å². The van der Waals surface area contributed by atoms with Gasteiger partial charge in [-0.15, -0.1) is 0 Å². The Morgan fingerprint density at radius 2 is 2.06 bits per heavy atom. The van der Waals surface area contributed by atoms with Crippen molar-refractivity contribution in [1.29, 1.82) is 0 Å². The van der Waals surface area contributed by atoms with E-state index in [4.69, 9.17) is 5.11 Å². The van der Waals surface area contributed by atoms with Crippen molar-refractivity contribution < 1.29 is 10.0 Å². The van der Waals surface area contributed by atoms with Crippen LogP contribution in [0.25, 0.3) is 0 Å². The van der Waals surface area contributed by atoms with E-state index in [1.54, 1.807) is 7.05 Å². The van der Waals surface area contributed by atoms with Crippen LogP contribution in [0.4, 0.5) is 17.1 Å². The molecule has 100 valence electrons. The Labute approximate surface area is 106 Å². The summed E-state index contributed by atoms with van der Waals surface area (Å²) in [4.78, 5) is 10.4. The van der Waals surface area contributed by atoms with E-state index >= 15 is 0 Å². The van der Waals surface area contributed by atoms with Gasteiger partial charge in [0, 0.05) is 43.2 Å². The monoisotopic (exact) mass is 253 g/mol. The molecular weight excluding hydrogens is 234 g/mol. The molecule has 0 aromatic heterocycles. The number of rotatable bonds is 7. The van der Waals surface area contributed by atoms with Crippen molar-refractivity contribution in [2.45, 2.75) is 25.8 Å². The molecule has 0 aliphatic heterocycles. The van der Waals surface area contributed by atoms with Crippen LogP contribution in [0.15, 0.2) is 18.2 Å². The highest BCUT2D eigenvalue weighted by molar-refractivity contribution is 5.63. The van der Waals surface area contributed by atoms with Crippen molar-refractivity contribution in [3.05, 3.63) is 28.3 Å². The summed E-state index contributed by atoms with van der Waals surface area (Å²) in [7, 11) is 1.72. The molecule has 0 heterocycles. The molecule has 0 saturated carbocycles. The Morgan fingerprint density at radius 1 is 1.39 bits per heavy atom. The van der Waals surface area contributed by atoms with E-state index in [2.05, 4.69) is 10.6 Å². The SMILES string of the molecule is CNc1cc(NC(C)CCCO)cc([N+](=O)[O-])c1. The third-order valence-electron chi connectivity index (χ3n) is 2.63. The molecule has 0 bridgehead atoms. The largest absolute Gasteiger partial charge is 0.396 e. The highest BCUT2D eigenvalue weighted by atomic mass is 16.6. The molecule has 0 saturated heterocycles. The zero-order valence-electron chi connectivity index (χ0n) is 10.6. The summed E-state index contributed by atoms with van der Waals surface area (Å²) in [5.41, 5.74) is 1.46. The van der Waals surface area contributed by atoms with Crippen LogP contribution in [0.3, 0.4) is 0 Å². The summed E-state index contributed by atoms with van der Waals surface area (Å²) in [5.74, 6) is 0. The molecule has 0 aliphatic carbocycles. The number of hydrogen-bond acceptors (Lipinski definition) is 5. The Balaban J connectivity index is 2.81. The van der Waals surface area contributed by atoms with Gasteiger partial charge in [-0.3, -0.25) is 10.1 Å². The highest BCUT2D eigenvalue weighted by Crippen LogP contribution is 2.24. The zero-order chi connectivity index (χ0) is 13.5. The first-order chi connectivity index (χ1) is 8.56. The predicted molar refractivity (Wildman–Crippen MR) is 72.0 cm³/mol. The molecule has 6 nitrogen and oxygen atoms in total. The van der Waals surface area contributed by atoms with E-state index in [9.17, 15) is 10.1 Å². The van der Waals surface area contributed by atoms with Crippen molar-refractivity contribution in [1.82, 2.24) is 0 Å². The Kier molecular flexibility index (Phi) is 5.38. The third kappa shape index (κ3) is 4.21. The number of nitrogens with zero attached hydrogens (tertiary/aromatic N) is 1. The van der Waals surface area contributed by atoms with Crippen LogP contribution in [0, 0.1) is 10.1 Å². The van der Waals surface area contributed by atoms with E-state index < -0.39 is 4.92 Å². The Bertz CT molecular complexity index is 410. The maximum Gasteiger partial charge on any atom is 0.273 e. The van der Waals surface area contributed by atoms with Crippen LogP contribution in [-0.2, 0) is 0 Å². The lowest BCUT2D eigenvalue weighted by molar-refractivity contribution is -0.384. The summed E-state index contributed by atoms with van der Waals surface area (Å²) in [6.45, 7) is 2.14. The van der Waals surface area contributed by atoms with Crippen LogP contribution in [-0.4, -0.2) is 29.7 Å². The molecule has 1 aromatic carbocycles. The van der Waals surface area contributed by atoms with Crippen LogP contribution in [0.2, 0.25) is 0 Å². The van der Waals surface area contributed by atoms with Gasteiger partial charge >= 0.3 is 0 Å². The van der Waals surface area contributed by atoms with Crippen molar-refractivity contribution in [3.8, 4) is 0 Å². The molecule has 6 heteroatoms. The van der Waals surface area contributed by atoms with Gasteiger partial charge in [-0.1, -0.05) is 0 Å². The molecule has 1 unspecified atom stereocenters. The first-order valence-corrected chi connectivity index (χ1v) is 5.91. The molecule has 0 amide bonds. The van der Waals surface area contributed by atoms with Crippen LogP contribution in [0.5, 0.6) is 0 Å². The van der Waals surface area contributed by atoms with E-state index in [1.807, 2.05) is 13.0 Å². The molecule has 3 N–H and O–H groups in total. The molecular formula is C12H19N3O3. The fourth-order valence-electron chi connectivity index (χ4n) is 1.70. The third-order valence-corrected chi connectivity index (χ3v) is 2.63. The highest BCUT2D eigenvalue weighted by Gasteiger charge is 2.10. The average molecular weight is 253 g/mol. The molecule has 0 fully saturated rings. The number of nitro groups is 1. The number of nitrogens with one attached hydrogen (secondary N) is 2. The lowest BCUT2D eigenvalue weighted by Gasteiger charge is -2.15. The standard InChI is InChI=1S/C12H19N3O3/c1-9(4-3-5-16)14-11-6-10(13-2)7-12(8-11)15(17)18/h6-9,13-14,16H,3-5H2,1-2H3. The number of benzene rings is 1. The van der Waals surface area contributed by atoms with Gasteiger partial charge < -0.3 is 15.7 Å². The van der Waals surface area contributed by atoms with Gasteiger partial charge in [-0.2, -0.15) is 0 Å². The maximum absolute atomic E-state index is 10.8. The molecule has 0 spiro atoms. The van der Waals surface area contributed by atoms with Gasteiger partial charge in [0.15, 0.2) is 0 Å². The van der Waals surface area contributed by atoms with E-state index in [1.165, 1.54) is 12.1 Å². The van der Waals surface area contributed by atoms with E-state index in [-0.39, 0.29) is 18.3 Å². The Morgan fingerprint density at radius 3 is 2.61 bits per heavy atom. The van der Waals surface area contributed by atoms with Crippen molar-refractivity contribution >= 4 is 17.1 Å². The van der Waals surface area contributed by atoms with Crippen LogP contribution >= 0.6 is 0 Å². The first-order valence-electron chi connectivity index (χ1n) is 5.91. The summed E-state index contributed by atoms with van der Waals surface area (Å²) in [6, 6.07) is 4.98. The zero-order valence-corrected chi connectivity index (χ0v) is 10.6. The van der Waals surface area contributed by atoms with Crippen LogP contribution < -0.4 is 10.6 Å². The topological polar surface area (TPSA) is 87.4 Å². The number of anilines is 2. The molecule has 18 heavy (non-hydrogen) atoms. The normalized spacial score (nSPS) is 11.9. The van der Waals surface area contributed by atoms with Crippen molar-refractivity contribution in [3.63, 3.8) is 0 Å². The fraction of sp³-hybridized carbons (Fsp3) is 0.500. The van der Waals surface area contributed by atoms with Gasteiger partial charge in [0.05, 0.1) is 4.92 Å². The number of nitro benzene ring substituents is 1. The second-order valence-electron chi connectivity index (χ2n) is 4.19. The second kappa shape index (κ2) is 6.80. The minimum atomic E-state index is -0.412. The van der Waals surface area contributed by atoms with Gasteiger partial charge in [0.1, 0.15) is 0 Å². The number of aliphatic hydroxyl groups excluding tert-OH is 1. The van der Waals surface area contributed by atoms with Gasteiger partial charge in [0.25, 0.3) is 5.69 Å². The molecule has 1 rings (SSSR count). The number of hydrogen-bond donors (Lipinski definition) is 3. The maximum atomic E-state index is 10.8. The summed E-state index contributed by atoms with van der Waals surface area (Å²) in [5, 5.41) is 25.6. The first kappa shape index (κ1) is 14.2. The van der Waals surface area contributed by atoms with Gasteiger partial charge in [0.2, 0.25) is 0 Å². The van der Waals surface area contributed by atoms with Crippen molar-refractivity contribution in [2.24, 2.45) is 0 Å². The lowest BCUT2D eigenvalue weighted by atomic mass is 10.1. The Hall–Kier alpha value is -1.82. The molecule has 0 aliphatic rings. The predicted octanol–water partition coefficient (Wildman–Crippen LogP) is 2.21. The van der Waals surface area contributed by atoms with Gasteiger partial charge in [-0.25, -0.2) is 0 Å². The summed E-state index contributed by atoms with van der Waals surface area (Å²) < 4.78 is 0. The van der Waals surface area contributed by atoms with E-state index in [0.717, 1.165) is 6.42 Å². The quantitative estimate of drug-likeness (QED) is 0.512. The molecule has 1 atom stereocenters. The molecule has 1 aromatic rings. The summed E-state index contributed by atoms with van der Waals surface area (Å²) >= 11 is 0. The number of non-ortho nitro benzene ring substituents is 1. The van der Waals surface area contributed by atoms with E-state index in [0.29, 0.717) is 17.8 Å². The lowest BCUT2D eigenvalue weighted by Crippen LogP contribution is -2.15. The smallest absolute Gasteiger partial charge is 0.273 e.